The summed E-state index contributed by atoms with van der Waals surface area (Å²) in [6, 6.07) is 4.23. The molecule has 1 aromatic rings. The molecule has 6 nitrogen and oxygen atoms in total. The standard InChI is InChI=1S/C13H18N6S/c1-3-8-18-12(2)16-19(13(18)20)11-17(9-4-6-14)10-5-7-15/h3H,1,4-5,8-11H2,2H3. The van der Waals surface area contributed by atoms with Gasteiger partial charge in [0.25, 0.3) is 0 Å². The maximum absolute atomic E-state index is 8.68. The topological polar surface area (TPSA) is 73.6 Å². The lowest BCUT2D eigenvalue weighted by molar-refractivity contribution is 0.213. The van der Waals surface area contributed by atoms with E-state index in [-0.39, 0.29) is 0 Å². The molecular formula is C13H18N6S. The normalized spacial score (nSPS) is 10.2. The minimum Gasteiger partial charge on any atom is -0.300 e. The van der Waals surface area contributed by atoms with Crippen molar-refractivity contribution in [1.82, 2.24) is 19.2 Å². The van der Waals surface area contributed by atoms with Crippen molar-refractivity contribution in [2.45, 2.75) is 33.0 Å². The van der Waals surface area contributed by atoms with E-state index in [1.165, 1.54) is 0 Å². The first-order valence-electron chi connectivity index (χ1n) is 6.35. The van der Waals surface area contributed by atoms with Crippen molar-refractivity contribution < 1.29 is 0 Å². The van der Waals surface area contributed by atoms with Crippen LogP contribution < -0.4 is 0 Å². The predicted molar refractivity (Wildman–Crippen MR) is 78.0 cm³/mol. The first-order valence-corrected chi connectivity index (χ1v) is 6.76. The Hall–Kier alpha value is -1.96. The van der Waals surface area contributed by atoms with E-state index in [2.05, 4.69) is 23.8 Å². The van der Waals surface area contributed by atoms with Gasteiger partial charge < -0.3 is 4.57 Å². The van der Waals surface area contributed by atoms with E-state index in [1.807, 2.05) is 16.4 Å². The van der Waals surface area contributed by atoms with Gasteiger partial charge in [0.1, 0.15) is 5.82 Å². The molecule has 1 rings (SSSR count). The van der Waals surface area contributed by atoms with Gasteiger partial charge in [-0.3, -0.25) is 4.90 Å². The number of aromatic nitrogens is 3. The van der Waals surface area contributed by atoms with Crippen LogP contribution in [0.25, 0.3) is 0 Å². The molecule has 0 fully saturated rings. The van der Waals surface area contributed by atoms with Gasteiger partial charge in [-0.15, -0.1) is 6.58 Å². The number of hydrogen-bond acceptors (Lipinski definition) is 5. The van der Waals surface area contributed by atoms with E-state index in [9.17, 15) is 0 Å². The molecule has 0 saturated heterocycles. The summed E-state index contributed by atoms with van der Waals surface area (Å²) in [4.78, 5) is 2.01. The second-order valence-corrected chi connectivity index (χ2v) is 4.67. The van der Waals surface area contributed by atoms with E-state index in [0.717, 1.165) is 5.82 Å². The highest BCUT2D eigenvalue weighted by atomic mass is 32.1. The number of rotatable bonds is 8. The van der Waals surface area contributed by atoms with Gasteiger partial charge in [-0.2, -0.15) is 15.6 Å². The van der Waals surface area contributed by atoms with Gasteiger partial charge in [0.2, 0.25) is 0 Å². The largest absolute Gasteiger partial charge is 0.300 e. The zero-order valence-electron chi connectivity index (χ0n) is 11.6. The number of nitriles is 2. The molecule has 0 saturated carbocycles. The molecule has 0 aliphatic heterocycles. The van der Waals surface area contributed by atoms with E-state index in [4.69, 9.17) is 22.7 Å². The maximum Gasteiger partial charge on any atom is 0.199 e. The molecular weight excluding hydrogens is 272 g/mol. The summed E-state index contributed by atoms with van der Waals surface area (Å²) >= 11 is 5.38. The Balaban J connectivity index is 2.85. The molecule has 0 bridgehead atoms. The zero-order valence-corrected chi connectivity index (χ0v) is 12.4. The van der Waals surface area contributed by atoms with Crippen molar-refractivity contribution in [3.63, 3.8) is 0 Å². The lowest BCUT2D eigenvalue weighted by atomic mass is 10.3. The average molecular weight is 290 g/mol. The SMILES string of the molecule is C=CCn1c(C)nn(CN(CCC#N)CCC#N)c1=S. The first-order chi connectivity index (χ1) is 9.63. The molecule has 0 unspecified atom stereocenters. The van der Waals surface area contributed by atoms with Crippen LogP contribution in [0.3, 0.4) is 0 Å². The van der Waals surface area contributed by atoms with Gasteiger partial charge in [-0.25, -0.2) is 4.68 Å². The van der Waals surface area contributed by atoms with Crippen LogP contribution in [0.2, 0.25) is 0 Å². The van der Waals surface area contributed by atoms with Crippen LogP contribution in [0.15, 0.2) is 12.7 Å². The van der Waals surface area contributed by atoms with E-state index in [1.54, 1.807) is 10.8 Å². The monoisotopic (exact) mass is 290 g/mol. The third kappa shape index (κ3) is 4.30. The first kappa shape index (κ1) is 16.1. The Bertz CT molecular complexity index is 567. The van der Waals surface area contributed by atoms with E-state index < -0.39 is 0 Å². The van der Waals surface area contributed by atoms with Crippen LogP contribution in [0, 0.1) is 34.4 Å². The van der Waals surface area contributed by atoms with Gasteiger partial charge in [-0.1, -0.05) is 6.08 Å². The second kappa shape index (κ2) is 8.26. The molecule has 0 aliphatic rings. The Morgan fingerprint density at radius 3 is 2.45 bits per heavy atom. The molecule has 0 aliphatic carbocycles. The molecule has 0 spiro atoms. The number of allylic oxidation sites excluding steroid dienone is 1. The lowest BCUT2D eigenvalue weighted by Gasteiger charge is -2.19. The van der Waals surface area contributed by atoms with E-state index >= 15 is 0 Å². The lowest BCUT2D eigenvalue weighted by Crippen LogP contribution is -2.29. The maximum atomic E-state index is 8.68. The third-order valence-corrected chi connectivity index (χ3v) is 3.26. The Kier molecular flexibility index (Phi) is 6.65. The smallest absolute Gasteiger partial charge is 0.199 e. The van der Waals surface area contributed by atoms with Gasteiger partial charge in [0.05, 0.1) is 18.8 Å². The highest BCUT2D eigenvalue weighted by Gasteiger charge is 2.10. The van der Waals surface area contributed by atoms with Crippen molar-refractivity contribution in [1.29, 1.82) is 10.5 Å². The fourth-order valence-corrected chi connectivity index (χ4v) is 2.14. The van der Waals surface area contributed by atoms with Crippen LogP contribution in [0.4, 0.5) is 0 Å². The Morgan fingerprint density at radius 1 is 1.35 bits per heavy atom. The van der Waals surface area contributed by atoms with Crippen molar-refractivity contribution in [3.8, 4) is 12.1 Å². The summed E-state index contributed by atoms with van der Waals surface area (Å²) in [6.45, 7) is 7.92. The van der Waals surface area contributed by atoms with Crippen molar-refractivity contribution in [3.05, 3.63) is 23.3 Å². The van der Waals surface area contributed by atoms with Crippen LogP contribution in [0.5, 0.6) is 0 Å². The predicted octanol–water partition coefficient (Wildman–Crippen LogP) is 2.00. The fourth-order valence-electron chi connectivity index (χ4n) is 1.84. The number of aryl methyl sites for hydroxylation is 1. The molecule has 20 heavy (non-hydrogen) atoms. The third-order valence-electron chi connectivity index (χ3n) is 2.83. The highest BCUT2D eigenvalue weighted by Crippen LogP contribution is 2.04. The van der Waals surface area contributed by atoms with E-state index in [0.29, 0.717) is 43.9 Å². The number of hydrogen-bond donors (Lipinski definition) is 0. The number of nitrogens with zero attached hydrogens (tertiary/aromatic N) is 6. The van der Waals surface area contributed by atoms with Gasteiger partial charge in [0.15, 0.2) is 4.77 Å². The molecule has 106 valence electrons. The molecule has 0 aromatic carbocycles. The second-order valence-electron chi connectivity index (χ2n) is 4.30. The summed E-state index contributed by atoms with van der Waals surface area (Å²) in [7, 11) is 0. The summed E-state index contributed by atoms with van der Waals surface area (Å²) in [5, 5.41) is 21.8. The minimum absolute atomic E-state index is 0.422. The molecule has 7 heteroatoms. The Morgan fingerprint density at radius 2 is 1.95 bits per heavy atom. The quantitative estimate of drug-likeness (QED) is 0.541. The van der Waals surface area contributed by atoms with Crippen LogP contribution in [-0.4, -0.2) is 32.3 Å². The van der Waals surface area contributed by atoms with Crippen LogP contribution in [-0.2, 0) is 13.2 Å². The molecule has 0 radical (unpaired) electrons. The molecule has 1 aromatic heterocycles. The average Bonchev–Trinajstić information content (AvgIpc) is 2.70. The van der Waals surface area contributed by atoms with Crippen LogP contribution >= 0.6 is 12.2 Å². The fraction of sp³-hybridized carbons (Fsp3) is 0.538. The minimum atomic E-state index is 0.422. The molecule has 0 amide bonds. The van der Waals surface area contributed by atoms with Crippen molar-refractivity contribution >= 4 is 12.2 Å². The molecule has 0 N–H and O–H groups in total. The highest BCUT2D eigenvalue weighted by molar-refractivity contribution is 7.71. The zero-order chi connectivity index (χ0) is 15.0. The summed E-state index contributed by atoms with van der Waals surface area (Å²) in [6.07, 6.45) is 2.62. The van der Waals surface area contributed by atoms with Gasteiger partial charge in [-0.05, 0) is 19.1 Å². The van der Waals surface area contributed by atoms with Gasteiger partial charge >= 0.3 is 0 Å². The van der Waals surface area contributed by atoms with Crippen molar-refractivity contribution in [2.75, 3.05) is 13.1 Å². The molecule has 0 atom stereocenters. The van der Waals surface area contributed by atoms with Crippen molar-refractivity contribution in [2.24, 2.45) is 0 Å². The summed E-state index contributed by atoms with van der Waals surface area (Å²) in [5.41, 5.74) is 0. The summed E-state index contributed by atoms with van der Waals surface area (Å²) < 4.78 is 4.25. The molecule has 1 heterocycles. The Labute approximate surface area is 124 Å². The van der Waals surface area contributed by atoms with Gasteiger partial charge in [0, 0.05) is 32.5 Å². The van der Waals surface area contributed by atoms with Crippen LogP contribution in [0.1, 0.15) is 18.7 Å². The summed E-state index contributed by atoms with van der Waals surface area (Å²) in [5.74, 6) is 0.829.